The second-order valence-electron chi connectivity index (χ2n) is 3.91. The van der Waals surface area contributed by atoms with Gasteiger partial charge in [0.25, 0.3) is 0 Å². The van der Waals surface area contributed by atoms with Gasteiger partial charge in [-0.2, -0.15) is 0 Å². The minimum atomic E-state index is 0.332. The number of rotatable bonds is 2. The van der Waals surface area contributed by atoms with E-state index < -0.39 is 0 Å². The summed E-state index contributed by atoms with van der Waals surface area (Å²) >= 11 is 6.22. The third-order valence-electron chi connectivity index (χ3n) is 2.44. The molecule has 80 valence electrons. The number of nitrogens with zero attached hydrogens (tertiary/aromatic N) is 2. The fourth-order valence-electron chi connectivity index (χ4n) is 1.57. The molecule has 2 N–H and O–H groups in total. The van der Waals surface area contributed by atoms with Gasteiger partial charge < -0.3 is 5.73 Å². The van der Waals surface area contributed by atoms with E-state index in [1.54, 1.807) is 0 Å². The Balaban J connectivity index is 2.65. The highest BCUT2D eigenvalue weighted by atomic mass is 35.5. The molecular weight excluding hydrogens is 210 g/mol. The van der Waals surface area contributed by atoms with Crippen molar-refractivity contribution in [3.05, 3.63) is 34.7 Å². The Bertz CT molecular complexity index is 488. The molecule has 2 rings (SSSR count). The van der Waals surface area contributed by atoms with Crippen LogP contribution in [0.3, 0.4) is 0 Å². The van der Waals surface area contributed by atoms with E-state index in [0.29, 0.717) is 17.6 Å². The third-order valence-corrected chi connectivity index (χ3v) is 2.82. The highest BCUT2D eigenvalue weighted by Gasteiger charge is 2.12. The van der Waals surface area contributed by atoms with Crippen LogP contribution in [-0.2, 0) is 6.54 Å². The zero-order valence-corrected chi connectivity index (χ0v) is 9.62. The second kappa shape index (κ2) is 3.83. The van der Waals surface area contributed by atoms with Crippen molar-refractivity contribution >= 4 is 17.2 Å². The standard InChI is InChI=1S/C11H14ClN3/c1-7(2)10-11(12)15-4-3-8(6-13)5-9(15)14-10/h3-5,7H,6,13H2,1-2H3. The van der Waals surface area contributed by atoms with Gasteiger partial charge in [-0.1, -0.05) is 25.4 Å². The minimum Gasteiger partial charge on any atom is -0.326 e. The Morgan fingerprint density at radius 2 is 2.27 bits per heavy atom. The predicted octanol–water partition coefficient (Wildman–Crippen LogP) is 2.57. The predicted molar refractivity (Wildman–Crippen MR) is 62.2 cm³/mol. The number of pyridine rings is 1. The maximum atomic E-state index is 6.22. The molecule has 2 aromatic heterocycles. The minimum absolute atomic E-state index is 0.332. The molecule has 3 nitrogen and oxygen atoms in total. The van der Waals surface area contributed by atoms with Gasteiger partial charge in [-0.05, 0) is 23.6 Å². The largest absolute Gasteiger partial charge is 0.326 e. The van der Waals surface area contributed by atoms with Crippen LogP contribution >= 0.6 is 11.6 Å². The molecular formula is C11H14ClN3. The van der Waals surface area contributed by atoms with Crippen LogP contribution in [0.1, 0.15) is 31.0 Å². The molecule has 0 aromatic carbocycles. The summed E-state index contributed by atoms with van der Waals surface area (Å²) in [6, 6.07) is 3.93. The summed E-state index contributed by atoms with van der Waals surface area (Å²) in [5.41, 5.74) is 8.45. The Morgan fingerprint density at radius 1 is 1.53 bits per heavy atom. The molecule has 0 saturated carbocycles. The van der Waals surface area contributed by atoms with Crippen LogP contribution < -0.4 is 5.73 Å². The SMILES string of the molecule is CC(C)c1nc2cc(CN)ccn2c1Cl. The highest BCUT2D eigenvalue weighted by molar-refractivity contribution is 6.30. The van der Waals surface area contributed by atoms with E-state index >= 15 is 0 Å². The molecule has 0 aliphatic heterocycles. The van der Waals surface area contributed by atoms with E-state index in [2.05, 4.69) is 18.8 Å². The zero-order valence-electron chi connectivity index (χ0n) is 8.87. The summed E-state index contributed by atoms with van der Waals surface area (Å²) in [6.07, 6.45) is 1.92. The lowest BCUT2D eigenvalue weighted by atomic mass is 10.2. The number of nitrogens with two attached hydrogens (primary N) is 1. The number of aromatic nitrogens is 2. The summed E-state index contributed by atoms with van der Waals surface area (Å²) in [5, 5.41) is 0.698. The van der Waals surface area contributed by atoms with Crippen LogP contribution in [0, 0.1) is 0 Å². The molecule has 0 saturated heterocycles. The maximum Gasteiger partial charge on any atom is 0.138 e. The van der Waals surface area contributed by atoms with Crippen molar-refractivity contribution in [2.24, 2.45) is 5.73 Å². The van der Waals surface area contributed by atoms with Gasteiger partial charge in [0.1, 0.15) is 10.8 Å². The van der Waals surface area contributed by atoms with Crippen LogP contribution in [0.4, 0.5) is 0 Å². The first-order chi connectivity index (χ1) is 7.13. The van der Waals surface area contributed by atoms with E-state index in [9.17, 15) is 0 Å². The van der Waals surface area contributed by atoms with Crippen molar-refractivity contribution in [2.75, 3.05) is 0 Å². The van der Waals surface area contributed by atoms with Crippen molar-refractivity contribution in [1.29, 1.82) is 0 Å². The zero-order chi connectivity index (χ0) is 11.0. The van der Waals surface area contributed by atoms with E-state index in [1.807, 2.05) is 22.7 Å². The lowest BCUT2D eigenvalue weighted by Crippen LogP contribution is -1.97. The van der Waals surface area contributed by atoms with Gasteiger partial charge in [-0.3, -0.25) is 4.40 Å². The smallest absolute Gasteiger partial charge is 0.138 e. The van der Waals surface area contributed by atoms with Gasteiger partial charge in [0, 0.05) is 12.7 Å². The summed E-state index contributed by atoms with van der Waals surface area (Å²) in [7, 11) is 0. The monoisotopic (exact) mass is 223 g/mol. The van der Waals surface area contributed by atoms with Crippen LogP contribution in [0.5, 0.6) is 0 Å². The third kappa shape index (κ3) is 1.73. The van der Waals surface area contributed by atoms with Gasteiger partial charge >= 0.3 is 0 Å². The fraction of sp³-hybridized carbons (Fsp3) is 0.364. The summed E-state index contributed by atoms with van der Waals surface area (Å²) in [5.74, 6) is 0.332. The normalized spacial score (nSPS) is 11.5. The first-order valence-electron chi connectivity index (χ1n) is 5.00. The highest BCUT2D eigenvalue weighted by Crippen LogP contribution is 2.25. The first kappa shape index (κ1) is 10.5. The Kier molecular flexibility index (Phi) is 2.67. The number of hydrogen-bond donors (Lipinski definition) is 1. The number of halogens is 1. The van der Waals surface area contributed by atoms with Crippen molar-refractivity contribution in [2.45, 2.75) is 26.3 Å². The molecule has 0 unspecified atom stereocenters. The summed E-state index contributed by atoms with van der Waals surface area (Å²) in [4.78, 5) is 4.50. The van der Waals surface area contributed by atoms with Gasteiger partial charge in [-0.15, -0.1) is 0 Å². The van der Waals surface area contributed by atoms with Crippen LogP contribution in [0.25, 0.3) is 5.65 Å². The Morgan fingerprint density at radius 3 is 2.87 bits per heavy atom. The van der Waals surface area contributed by atoms with Gasteiger partial charge in [0.2, 0.25) is 0 Å². The molecule has 2 heterocycles. The number of fused-ring (bicyclic) bond motifs is 1. The van der Waals surface area contributed by atoms with E-state index in [0.717, 1.165) is 16.9 Å². The average Bonchev–Trinajstić information content (AvgIpc) is 2.55. The lowest BCUT2D eigenvalue weighted by Gasteiger charge is -1.99. The Hall–Kier alpha value is -1.06. The Labute approximate surface area is 93.9 Å². The van der Waals surface area contributed by atoms with Gasteiger partial charge in [0.05, 0.1) is 5.69 Å². The molecule has 0 aliphatic rings. The van der Waals surface area contributed by atoms with Crippen LogP contribution in [0.15, 0.2) is 18.3 Å². The maximum absolute atomic E-state index is 6.22. The summed E-state index contributed by atoms with van der Waals surface area (Å²) < 4.78 is 1.88. The summed E-state index contributed by atoms with van der Waals surface area (Å²) in [6.45, 7) is 4.69. The van der Waals surface area contributed by atoms with Gasteiger partial charge in [0.15, 0.2) is 0 Å². The molecule has 15 heavy (non-hydrogen) atoms. The molecule has 2 aromatic rings. The quantitative estimate of drug-likeness (QED) is 0.851. The molecule has 4 heteroatoms. The van der Waals surface area contributed by atoms with Crippen molar-refractivity contribution in [1.82, 2.24) is 9.38 Å². The molecule has 0 spiro atoms. The average molecular weight is 224 g/mol. The molecule has 0 bridgehead atoms. The molecule has 0 aliphatic carbocycles. The lowest BCUT2D eigenvalue weighted by molar-refractivity contribution is 0.834. The van der Waals surface area contributed by atoms with Crippen LogP contribution in [0.2, 0.25) is 5.15 Å². The first-order valence-corrected chi connectivity index (χ1v) is 5.37. The second-order valence-corrected chi connectivity index (χ2v) is 4.27. The van der Waals surface area contributed by atoms with Crippen molar-refractivity contribution in [3.8, 4) is 0 Å². The molecule has 0 radical (unpaired) electrons. The van der Waals surface area contributed by atoms with Crippen LogP contribution in [-0.4, -0.2) is 9.38 Å². The van der Waals surface area contributed by atoms with E-state index in [-0.39, 0.29) is 0 Å². The molecule has 0 amide bonds. The topological polar surface area (TPSA) is 43.3 Å². The van der Waals surface area contributed by atoms with Crippen molar-refractivity contribution in [3.63, 3.8) is 0 Å². The molecule has 0 atom stereocenters. The molecule has 0 fully saturated rings. The van der Waals surface area contributed by atoms with Gasteiger partial charge in [-0.25, -0.2) is 4.98 Å². The van der Waals surface area contributed by atoms with E-state index in [1.165, 1.54) is 0 Å². The fourth-order valence-corrected chi connectivity index (χ4v) is 1.97. The van der Waals surface area contributed by atoms with Crippen molar-refractivity contribution < 1.29 is 0 Å². The van der Waals surface area contributed by atoms with E-state index in [4.69, 9.17) is 17.3 Å². The number of imidazole rings is 1. The number of hydrogen-bond acceptors (Lipinski definition) is 2.